The molecule has 0 fully saturated rings. The zero-order valence-corrected chi connectivity index (χ0v) is 20.9. The molecule has 6 heteroatoms. The van der Waals surface area contributed by atoms with Crippen molar-refractivity contribution in [3.8, 4) is 5.75 Å². The number of hydrogen-bond acceptors (Lipinski definition) is 5. The molecule has 5 nitrogen and oxygen atoms in total. The standard InChI is InChI=1S/C27H39NO3S.H2O/c1-3-4-5-6-7-8-9-12-22-15-17-23(18-16-22)31-27(30)20-19-25(29)21(2)32-26-14-11-10-13-24(26)28;/h10-11,13-18,21,25,29H,3-9,12,19-20,28H2,1-2H3;1H2. The van der Waals surface area contributed by atoms with Gasteiger partial charge in [0.2, 0.25) is 0 Å². The van der Waals surface area contributed by atoms with Crippen LogP contribution in [0.25, 0.3) is 0 Å². The van der Waals surface area contributed by atoms with Gasteiger partial charge in [0, 0.05) is 22.3 Å². The van der Waals surface area contributed by atoms with Gasteiger partial charge in [-0.2, -0.15) is 0 Å². The molecule has 184 valence electrons. The van der Waals surface area contributed by atoms with Crippen molar-refractivity contribution in [2.75, 3.05) is 5.73 Å². The Balaban J connectivity index is 0.00000544. The third-order valence-electron chi connectivity index (χ3n) is 5.64. The molecule has 0 saturated carbocycles. The number of hydrogen-bond donors (Lipinski definition) is 2. The van der Waals surface area contributed by atoms with Crippen molar-refractivity contribution >= 4 is 23.4 Å². The van der Waals surface area contributed by atoms with Gasteiger partial charge in [-0.1, -0.05) is 76.6 Å². The maximum Gasteiger partial charge on any atom is 0.311 e. The number of esters is 1. The monoisotopic (exact) mass is 475 g/mol. The molecular weight excluding hydrogens is 434 g/mol. The SMILES string of the molecule is CCCCCCCCCc1ccc(OC(=O)CCC(O)C(C)Sc2ccccc2N)cc1.O. The summed E-state index contributed by atoms with van der Waals surface area (Å²) in [4.78, 5) is 13.1. The molecule has 5 N–H and O–H groups in total. The molecule has 2 aromatic carbocycles. The smallest absolute Gasteiger partial charge is 0.311 e. The molecular formula is C27H41NO4S. The van der Waals surface area contributed by atoms with Crippen molar-refractivity contribution in [3.05, 3.63) is 54.1 Å². The number of aliphatic hydroxyl groups is 1. The van der Waals surface area contributed by atoms with Crippen LogP contribution in [0.5, 0.6) is 5.75 Å². The highest BCUT2D eigenvalue weighted by Crippen LogP contribution is 2.31. The Morgan fingerprint density at radius 3 is 2.30 bits per heavy atom. The van der Waals surface area contributed by atoms with Gasteiger partial charge in [-0.05, 0) is 49.1 Å². The predicted molar refractivity (Wildman–Crippen MR) is 139 cm³/mol. The van der Waals surface area contributed by atoms with Crippen molar-refractivity contribution < 1.29 is 20.1 Å². The van der Waals surface area contributed by atoms with Crippen LogP contribution in [-0.4, -0.2) is 27.9 Å². The molecule has 0 aliphatic carbocycles. The van der Waals surface area contributed by atoms with E-state index in [1.807, 2.05) is 55.5 Å². The molecule has 2 atom stereocenters. The second-order valence-electron chi connectivity index (χ2n) is 8.46. The quantitative estimate of drug-likeness (QED) is 0.109. The van der Waals surface area contributed by atoms with Crippen LogP contribution < -0.4 is 10.5 Å². The number of carbonyl (C=O) groups excluding carboxylic acids is 1. The highest BCUT2D eigenvalue weighted by molar-refractivity contribution is 8.00. The van der Waals surface area contributed by atoms with E-state index in [0.717, 1.165) is 11.3 Å². The number of carbonyl (C=O) groups is 1. The Labute approximate surface area is 203 Å². The Hall–Kier alpha value is -2.02. The average molecular weight is 476 g/mol. The first-order valence-electron chi connectivity index (χ1n) is 12.0. The topological polar surface area (TPSA) is 104 Å². The molecule has 2 rings (SSSR count). The van der Waals surface area contributed by atoms with Crippen LogP contribution in [0.15, 0.2) is 53.4 Å². The minimum atomic E-state index is -0.614. The molecule has 0 aromatic heterocycles. The largest absolute Gasteiger partial charge is 0.427 e. The Bertz CT molecular complexity index is 797. The Morgan fingerprint density at radius 1 is 1.00 bits per heavy atom. The summed E-state index contributed by atoms with van der Waals surface area (Å²) in [5.74, 6) is 0.243. The van der Waals surface area contributed by atoms with Gasteiger partial charge < -0.3 is 21.1 Å². The van der Waals surface area contributed by atoms with Crippen molar-refractivity contribution in [2.45, 2.75) is 94.3 Å². The number of aryl methyl sites for hydroxylation is 1. The zero-order valence-electron chi connectivity index (χ0n) is 20.1. The molecule has 0 saturated heterocycles. The van der Waals surface area contributed by atoms with Crippen LogP contribution >= 0.6 is 11.8 Å². The minimum Gasteiger partial charge on any atom is -0.427 e. The average Bonchev–Trinajstić information content (AvgIpc) is 2.79. The van der Waals surface area contributed by atoms with E-state index in [4.69, 9.17) is 10.5 Å². The predicted octanol–water partition coefficient (Wildman–Crippen LogP) is 5.96. The fourth-order valence-corrected chi connectivity index (χ4v) is 4.61. The summed E-state index contributed by atoms with van der Waals surface area (Å²) < 4.78 is 5.44. The first-order valence-corrected chi connectivity index (χ1v) is 12.9. The zero-order chi connectivity index (χ0) is 23.2. The number of nitrogen functional groups attached to an aromatic ring is 1. The van der Waals surface area contributed by atoms with Crippen molar-refractivity contribution in [1.29, 1.82) is 0 Å². The van der Waals surface area contributed by atoms with E-state index >= 15 is 0 Å². The number of aliphatic hydroxyl groups excluding tert-OH is 1. The maximum absolute atomic E-state index is 12.2. The summed E-state index contributed by atoms with van der Waals surface area (Å²) in [7, 11) is 0. The summed E-state index contributed by atoms with van der Waals surface area (Å²) in [6.45, 7) is 4.19. The normalized spacial score (nSPS) is 12.6. The molecule has 33 heavy (non-hydrogen) atoms. The lowest BCUT2D eigenvalue weighted by Crippen LogP contribution is -2.22. The van der Waals surface area contributed by atoms with Gasteiger partial charge in [0.05, 0.1) is 6.10 Å². The first kappa shape index (κ1) is 29.0. The van der Waals surface area contributed by atoms with Gasteiger partial charge in [0.15, 0.2) is 0 Å². The van der Waals surface area contributed by atoms with Crippen LogP contribution in [0.4, 0.5) is 5.69 Å². The number of anilines is 1. The van der Waals surface area contributed by atoms with Crippen molar-refractivity contribution in [3.63, 3.8) is 0 Å². The lowest BCUT2D eigenvalue weighted by atomic mass is 10.0. The summed E-state index contributed by atoms with van der Waals surface area (Å²) in [6, 6.07) is 15.4. The van der Waals surface area contributed by atoms with Gasteiger partial charge in [0.25, 0.3) is 0 Å². The maximum atomic E-state index is 12.2. The fraction of sp³-hybridized carbons (Fsp3) is 0.519. The lowest BCUT2D eigenvalue weighted by Gasteiger charge is -2.18. The van der Waals surface area contributed by atoms with Crippen LogP contribution in [0.2, 0.25) is 0 Å². The molecule has 0 spiro atoms. The summed E-state index contributed by atoms with van der Waals surface area (Å²) in [5.41, 5.74) is 7.95. The van der Waals surface area contributed by atoms with Crippen LogP contribution in [0.1, 0.15) is 77.2 Å². The first-order chi connectivity index (χ1) is 15.5. The lowest BCUT2D eigenvalue weighted by molar-refractivity contribution is -0.135. The number of rotatable bonds is 15. The van der Waals surface area contributed by atoms with E-state index in [-0.39, 0.29) is 23.1 Å². The Kier molecular flexibility index (Phi) is 14.6. The molecule has 0 heterocycles. The van der Waals surface area contributed by atoms with E-state index in [9.17, 15) is 9.90 Å². The van der Waals surface area contributed by atoms with E-state index in [2.05, 4.69) is 6.92 Å². The van der Waals surface area contributed by atoms with E-state index in [1.54, 1.807) is 0 Å². The number of benzene rings is 2. The van der Waals surface area contributed by atoms with Crippen molar-refractivity contribution in [1.82, 2.24) is 0 Å². The number of nitrogens with two attached hydrogens (primary N) is 1. The third kappa shape index (κ3) is 11.6. The fourth-order valence-electron chi connectivity index (χ4n) is 3.56. The van der Waals surface area contributed by atoms with Gasteiger partial charge in [-0.25, -0.2) is 0 Å². The van der Waals surface area contributed by atoms with Gasteiger partial charge in [-0.3, -0.25) is 4.79 Å². The van der Waals surface area contributed by atoms with Gasteiger partial charge in [-0.15, -0.1) is 11.8 Å². The number of para-hydroxylation sites is 1. The second-order valence-corrected chi connectivity index (χ2v) is 9.88. The number of unbranched alkanes of at least 4 members (excludes halogenated alkanes) is 6. The molecule has 0 aliphatic heterocycles. The van der Waals surface area contributed by atoms with Crippen LogP contribution in [0, 0.1) is 0 Å². The minimum absolute atomic E-state index is 0. The van der Waals surface area contributed by atoms with E-state index < -0.39 is 6.10 Å². The number of thioether (sulfide) groups is 1. The number of ether oxygens (including phenoxy) is 1. The van der Waals surface area contributed by atoms with Crippen LogP contribution in [-0.2, 0) is 11.2 Å². The van der Waals surface area contributed by atoms with Gasteiger partial charge in [0.1, 0.15) is 5.75 Å². The third-order valence-corrected chi connectivity index (χ3v) is 6.95. The highest BCUT2D eigenvalue weighted by Gasteiger charge is 2.18. The van der Waals surface area contributed by atoms with Crippen LogP contribution in [0.3, 0.4) is 0 Å². The van der Waals surface area contributed by atoms with Crippen molar-refractivity contribution in [2.24, 2.45) is 0 Å². The summed E-state index contributed by atoms with van der Waals surface area (Å²) in [5, 5.41) is 10.3. The van der Waals surface area contributed by atoms with E-state index in [1.165, 1.54) is 62.3 Å². The van der Waals surface area contributed by atoms with Gasteiger partial charge >= 0.3 is 5.97 Å². The summed E-state index contributed by atoms with van der Waals surface area (Å²) in [6.07, 6.45) is 10.1. The molecule has 0 amide bonds. The molecule has 2 aromatic rings. The molecule has 0 radical (unpaired) electrons. The molecule has 0 aliphatic rings. The molecule has 0 bridgehead atoms. The second kappa shape index (κ2) is 16.6. The molecule has 2 unspecified atom stereocenters. The summed E-state index contributed by atoms with van der Waals surface area (Å²) >= 11 is 1.52. The van der Waals surface area contributed by atoms with E-state index in [0.29, 0.717) is 17.9 Å². The highest BCUT2D eigenvalue weighted by atomic mass is 32.2. The Morgan fingerprint density at radius 2 is 1.64 bits per heavy atom.